The quantitative estimate of drug-likeness (QED) is 0.878. The third-order valence-corrected chi connectivity index (χ3v) is 7.25. The molecule has 2 atom stereocenters. The number of rotatable bonds is 3. The van der Waals surface area contributed by atoms with Gasteiger partial charge >= 0.3 is 0 Å². The van der Waals surface area contributed by atoms with Crippen molar-refractivity contribution in [3.8, 4) is 11.5 Å². The first-order valence-corrected chi connectivity index (χ1v) is 10.5. The monoisotopic (exact) mass is 385 g/mol. The van der Waals surface area contributed by atoms with Gasteiger partial charge in [0, 0.05) is 17.4 Å². The van der Waals surface area contributed by atoms with E-state index in [0.717, 1.165) is 19.3 Å². The number of carbonyl (C=O) groups excluding carboxylic acids is 1. The Kier molecular flexibility index (Phi) is 3.53. The Balaban J connectivity index is 1.38. The van der Waals surface area contributed by atoms with Crippen molar-refractivity contribution in [1.29, 1.82) is 0 Å². The first-order chi connectivity index (χ1) is 13.0. The van der Waals surface area contributed by atoms with Gasteiger partial charge in [-0.1, -0.05) is 24.3 Å². The largest absolute Gasteiger partial charge is 0.454 e. The van der Waals surface area contributed by atoms with E-state index in [1.165, 1.54) is 29.3 Å². The summed E-state index contributed by atoms with van der Waals surface area (Å²) in [6.07, 6.45) is 3.66. The summed E-state index contributed by atoms with van der Waals surface area (Å²) in [5, 5.41) is 0. The van der Waals surface area contributed by atoms with Gasteiger partial charge in [-0.25, -0.2) is 13.1 Å². The lowest BCUT2D eigenvalue weighted by Gasteiger charge is -2.26. The molecule has 6 nitrogen and oxygen atoms in total. The summed E-state index contributed by atoms with van der Waals surface area (Å²) in [4.78, 5) is 12.8. The van der Waals surface area contributed by atoms with Gasteiger partial charge in [0.15, 0.2) is 11.5 Å². The fourth-order valence-corrected chi connectivity index (χ4v) is 5.52. The number of carbonyl (C=O) groups is 1. The van der Waals surface area contributed by atoms with E-state index in [9.17, 15) is 13.2 Å². The maximum atomic E-state index is 12.8. The Morgan fingerprint density at radius 2 is 1.93 bits per heavy atom. The Hall–Kier alpha value is -2.54. The van der Waals surface area contributed by atoms with Gasteiger partial charge in [0.25, 0.3) is 10.0 Å². The SMILES string of the molecule is O=C(NS(=O)(=O)c1ccc2c(c1)OCO2)C1CC12CCCc1ccccc12. The molecule has 0 aromatic heterocycles. The molecule has 2 aromatic carbocycles. The van der Waals surface area contributed by atoms with Gasteiger partial charge in [-0.3, -0.25) is 4.79 Å². The molecule has 1 heterocycles. The molecule has 2 aliphatic carbocycles. The number of ether oxygens (including phenoxy) is 2. The van der Waals surface area contributed by atoms with Crippen LogP contribution in [0.1, 0.15) is 30.4 Å². The van der Waals surface area contributed by atoms with E-state index in [0.29, 0.717) is 17.9 Å². The molecule has 1 spiro atoms. The molecule has 1 N–H and O–H groups in total. The summed E-state index contributed by atoms with van der Waals surface area (Å²) in [6, 6.07) is 12.5. The van der Waals surface area contributed by atoms with E-state index in [2.05, 4.69) is 16.9 Å². The topological polar surface area (TPSA) is 81.7 Å². The smallest absolute Gasteiger partial charge is 0.264 e. The van der Waals surface area contributed by atoms with Crippen molar-refractivity contribution in [2.75, 3.05) is 6.79 Å². The second-order valence-corrected chi connectivity index (χ2v) is 9.09. The fraction of sp³-hybridized carbons (Fsp3) is 0.350. The van der Waals surface area contributed by atoms with Crippen LogP contribution in [0.4, 0.5) is 0 Å². The number of amides is 1. The van der Waals surface area contributed by atoms with Gasteiger partial charge in [0.1, 0.15) is 0 Å². The highest BCUT2D eigenvalue weighted by Crippen LogP contribution is 2.60. The first kappa shape index (κ1) is 16.6. The van der Waals surface area contributed by atoms with E-state index in [4.69, 9.17) is 9.47 Å². The van der Waals surface area contributed by atoms with Gasteiger partial charge in [0.05, 0.1) is 4.90 Å². The standard InChI is InChI=1S/C20H19NO5S/c22-19(16-11-20(16)9-3-5-13-4-1-2-6-15(13)20)21-27(23,24)14-7-8-17-18(10-14)26-12-25-17/h1-2,4,6-8,10,16H,3,5,9,11-12H2,(H,21,22). The number of fused-ring (bicyclic) bond motifs is 3. The molecule has 1 aliphatic heterocycles. The van der Waals surface area contributed by atoms with Crippen molar-refractivity contribution in [1.82, 2.24) is 4.72 Å². The molecule has 2 aromatic rings. The predicted molar refractivity (Wildman–Crippen MR) is 97.1 cm³/mol. The molecule has 140 valence electrons. The number of hydrogen-bond donors (Lipinski definition) is 1. The summed E-state index contributed by atoms with van der Waals surface area (Å²) >= 11 is 0. The Morgan fingerprint density at radius 1 is 1.11 bits per heavy atom. The van der Waals surface area contributed by atoms with Crippen LogP contribution in [0, 0.1) is 5.92 Å². The molecule has 0 radical (unpaired) electrons. The van der Waals surface area contributed by atoms with E-state index in [1.807, 2.05) is 12.1 Å². The molecule has 1 saturated carbocycles. The predicted octanol–water partition coefficient (Wildman–Crippen LogP) is 2.51. The molecule has 3 aliphatic rings. The van der Waals surface area contributed by atoms with E-state index < -0.39 is 15.9 Å². The lowest BCUT2D eigenvalue weighted by molar-refractivity contribution is -0.121. The maximum absolute atomic E-state index is 12.8. The third-order valence-electron chi connectivity index (χ3n) is 5.90. The molecule has 5 rings (SSSR count). The number of aryl methyl sites for hydroxylation is 1. The maximum Gasteiger partial charge on any atom is 0.264 e. The number of nitrogens with one attached hydrogen (secondary N) is 1. The minimum atomic E-state index is -3.95. The Labute approximate surface area is 157 Å². The summed E-state index contributed by atoms with van der Waals surface area (Å²) < 4.78 is 38.0. The molecule has 1 fully saturated rings. The van der Waals surface area contributed by atoms with Crippen LogP contribution in [-0.4, -0.2) is 21.1 Å². The summed E-state index contributed by atoms with van der Waals surface area (Å²) in [5.41, 5.74) is 2.28. The zero-order chi connectivity index (χ0) is 18.6. The molecule has 27 heavy (non-hydrogen) atoms. The fourth-order valence-electron chi connectivity index (χ4n) is 4.48. The van der Waals surface area contributed by atoms with E-state index in [-0.39, 0.29) is 23.0 Å². The van der Waals surface area contributed by atoms with Crippen molar-refractivity contribution in [3.63, 3.8) is 0 Å². The zero-order valence-electron chi connectivity index (χ0n) is 14.6. The number of sulfonamides is 1. The summed E-state index contributed by atoms with van der Waals surface area (Å²) in [5.74, 6) is 0.141. The highest BCUT2D eigenvalue weighted by molar-refractivity contribution is 7.90. The van der Waals surface area contributed by atoms with Gasteiger partial charge in [-0.2, -0.15) is 0 Å². The lowest BCUT2D eigenvalue weighted by atomic mass is 9.78. The molecule has 7 heteroatoms. The van der Waals surface area contributed by atoms with Gasteiger partial charge in [-0.05, 0) is 48.9 Å². The summed E-state index contributed by atoms with van der Waals surface area (Å²) in [7, 11) is -3.95. The second kappa shape index (κ2) is 5.73. The van der Waals surface area contributed by atoms with Crippen molar-refractivity contribution >= 4 is 15.9 Å². The molecule has 0 bridgehead atoms. The number of benzene rings is 2. The molecule has 0 saturated heterocycles. The molecule has 2 unspecified atom stereocenters. The van der Waals surface area contributed by atoms with Crippen LogP contribution in [0.3, 0.4) is 0 Å². The Morgan fingerprint density at radius 3 is 2.81 bits per heavy atom. The van der Waals surface area contributed by atoms with Crippen LogP contribution in [-0.2, 0) is 26.7 Å². The van der Waals surface area contributed by atoms with Gasteiger partial charge < -0.3 is 9.47 Å². The molecular weight excluding hydrogens is 366 g/mol. The highest BCUT2D eigenvalue weighted by atomic mass is 32.2. The van der Waals surface area contributed by atoms with Gasteiger partial charge in [0.2, 0.25) is 12.7 Å². The van der Waals surface area contributed by atoms with Crippen LogP contribution in [0.25, 0.3) is 0 Å². The van der Waals surface area contributed by atoms with Crippen LogP contribution in [0.5, 0.6) is 11.5 Å². The van der Waals surface area contributed by atoms with Crippen LogP contribution in [0.2, 0.25) is 0 Å². The van der Waals surface area contributed by atoms with Crippen molar-refractivity contribution in [2.24, 2.45) is 5.92 Å². The van der Waals surface area contributed by atoms with Crippen molar-refractivity contribution < 1.29 is 22.7 Å². The van der Waals surface area contributed by atoms with Crippen LogP contribution in [0.15, 0.2) is 47.4 Å². The minimum absolute atomic E-state index is 0.00107. The normalized spacial score (nSPS) is 25.1. The number of hydrogen-bond acceptors (Lipinski definition) is 5. The third kappa shape index (κ3) is 2.60. The van der Waals surface area contributed by atoms with Crippen LogP contribution >= 0.6 is 0 Å². The average molecular weight is 385 g/mol. The zero-order valence-corrected chi connectivity index (χ0v) is 15.4. The second-order valence-electron chi connectivity index (χ2n) is 7.41. The minimum Gasteiger partial charge on any atom is -0.454 e. The van der Waals surface area contributed by atoms with Crippen molar-refractivity contribution in [2.45, 2.75) is 36.0 Å². The van der Waals surface area contributed by atoms with E-state index in [1.54, 1.807) is 0 Å². The van der Waals surface area contributed by atoms with Gasteiger partial charge in [-0.15, -0.1) is 0 Å². The molecule has 1 amide bonds. The van der Waals surface area contributed by atoms with E-state index >= 15 is 0 Å². The summed E-state index contributed by atoms with van der Waals surface area (Å²) in [6.45, 7) is 0.0647. The Bertz CT molecular complexity index is 1050. The average Bonchev–Trinajstić information content (AvgIpc) is 3.18. The van der Waals surface area contributed by atoms with Crippen LogP contribution < -0.4 is 14.2 Å². The highest BCUT2D eigenvalue weighted by Gasteiger charge is 2.60. The van der Waals surface area contributed by atoms with Crippen molar-refractivity contribution in [3.05, 3.63) is 53.6 Å². The first-order valence-electron chi connectivity index (χ1n) is 9.04. The molecular formula is C20H19NO5S. The lowest BCUT2D eigenvalue weighted by Crippen LogP contribution is -2.34.